The van der Waals surface area contributed by atoms with E-state index >= 15 is 0 Å². The van der Waals surface area contributed by atoms with Crippen LogP contribution in [0.4, 0.5) is 0 Å². The van der Waals surface area contributed by atoms with Gasteiger partial charge in [0.25, 0.3) is 0 Å². The second-order valence-electron chi connectivity index (χ2n) is 7.77. The Morgan fingerprint density at radius 3 is 2.58 bits per heavy atom. The van der Waals surface area contributed by atoms with Gasteiger partial charge in [0, 0.05) is 51.0 Å². The number of guanidine groups is 1. The highest BCUT2D eigenvalue weighted by atomic mass is 127. The van der Waals surface area contributed by atoms with Crippen molar-refractivity contribution in [3.8, 4) is 0 Å². The van der Waals surface area contributed by atoms with Gasteiger partial charge in [-0.3, -0.25) is 9.79 Å². The monoisotopic (exact) mass is 476 g/mol. The summed E-state index contributed by atoms with van der Waals surface area (Å²) in [5.41, 5.74) is -0.358. The zero-order valence-electron chi connectivity index (χ0n) is 16.5. The van der Waals surface area contributed by atoms with Crippen molar-refractivity contribution in [2.75, 3.05) is 33.2 Å². The summed E-state index contributed by atoms with van der Waals surface area (Å²) in [7, 11) is 1.81. The molecule has 7 nitrogen and oxygen atoms in total. The highest BCUT2D eigenvalue weighted by Gasteiger charge is 2.28. The number of hydrogen-bond acceptors (Lipinski definition) is 3. The fourth-order valence-electron chi connectivity index (χ4n) is 3.04. The molecular formula is C18H33IN6O. The van der Waals surface area contributed by atoms with Crippen LogP contribution in [0.5, 0.6) is 0 Å². The van der Waals surface area contributed by atoms with Crippen molar-refractivity contribution in [2.45, 2.75) is 40.2 Å². The number of aliphatic imine (C=N–C) groups is 1. The minimum absolute atomic E-state index is 0. The second-order valence-corrected chi connectivity index (χ2v) is 7.77. The molecule has 2 unspecified atom stereocenters. The lowest BCUT2D eigenvalue weighted by atomic mass is 9.93. The maximum Gasteiger partial charge on any atom is 0.225 e. The maximum atomic E-state index is 11.9. The summed E-state index contributed by atoms with van der Waals surface area (Å²) in [5, 5.41) is 6.32. The standard InChI is InChI=1S/C18H32N6O.HI/c1-14-6-10-23(12-15(14)24-11-9-20-13-24)17(19-5)22-8-7-21-16(25)18(2,3)4;/h9,11,13-15H,6-8,10,12H2,1-5H3,(H,19,22)(H,21,25);1H. The molecule has 1 saturated heterocycles. The number of nitrogens with one attached hydrogen (secondary N) is 2. The molecular weight excluding hydrogens is 443 g/mol. The van der Waals surface area contributed by atoms with Gasteiger partial charge in [0.2, 0.25) is 5.91 Å². The Labute approximate surface area is 174 Å². The summed E-state index contributed by atoms with van der Waals surface area (Å²) in [6.07, 6.45) is 6.87. The number of carbonyl (C=O) groups excluding carboxylic acids is 1. The zero-order chi connectivity index (χ0) is 18.4. The Balaban J connectivity index is 0.00000338. The minimum Gasteiger partial charge on any atom is -0.354 e. The van der Waals surface area contributed by atoms with Gasteiger partial charge in [0.05, 0.1) is 12.4 Å². The van der Waals surface area contributed by atoms with Crippen LogP contribution in [0.15, 0.2) is 23.7 Å². The predicted molar refractivity (Wildman–Crippen MR) is 116 cm³/mol. The molecule has 1 aromatic rings. The van der Waals surface area contributed by atoms with Gasteiger partial charge in [-0.2, -0.15) is 0 Å². The van der Waals surface area contributed by atoms with Crippen LogP contribution >= 0.6 is 24.0 Å². The van der Waals surface area contributed by atoms with Gasteiger partial charge in [0.1, 0.15) is 0 Å². The molecule has 1 aromatic heterocycles. The van der Waals surface area contributed by atoms with E-state index in [0.717, 1.165) is 25.5 Å². The molecule has 1 amide bonds. The van der Waals surface area contributed by atoms with Crippen LogP contribution in [-0.2, 0) is 4.79 Å². The third kappa shape index (κ3) is 6.14. The Kier molecular flexibility index (Phi) is 8.85. The maximum absolute atomic E-state index is 11.9. The van der Waals surface area contributed by atoms with Crippen LogP contribution in [0.2, 0.25) is 0 Å². The summed E-state index contributed by atoms with van der Waals surface area (Å²) in [5.74, 6) is 1.56. The molecule has 0 bridgehead atoms. The van der Waals surface area contributed by atoms with Gasteiger partial charge in [-0.15, -0.1) is 24.0 Å². The summed E-state index contributed by atoms with van der Waals surface area (Å²) in [6, 6.07) is 0.399. The van der Waals surface area contributed by atoms with E-state index in [0.29, 0.717) is 25.0 Å². The van der Waals surface area contributed by atoms with E-state index in [9.17, 15) is 4.79 Å². The van der Waals surface area contributed by atoms with Crippen LogP contribution in [0.25, 0.3) is 0 Å². The Hall–Kier alpha value is -1.32. The number of hydrogen-bond donors (Lipinski definition) is 2. The Bertz CT molecular complexity index is 581. The average molecular weight is 476 g/mol. The SMILES string of the molecule is CN=C(NCCNC(=O)C(C)(C)C)N1CCC(C)C(n2ccnc2)C1.I. The van der Waals surface area contributed by atoms with Crippen molar-refractivity contribution in [3.05, 3.63) is 18.7 Å². The first-order valence-corrected chi connectivity index (χ1v) is 9.04. The summed E-state index contributed by atoms with van der Waals surface area (Å²) < 4.78 is 2.19. The molecule has 2 heterocycles. The molecule has 2 rings (SSSR count). The van der Waals surface area contributed by atoms with Crippen LogP contribution < -0.4 is 10.6 Å². The van der Waals surface area contributed by atoms with Crippen LogP contribution in [0, 0.1) is 11.3 Å². The van der Waals surface area contributed by atoms with Gasteiger partial charge in [0.15, 0.2) is 5.96 Å². The van der Waals surface area contributed by atoms with Gasteiger partial charge in [-0.05, 0) is 12.3 Å². The predicted octanol–water partition coefficient (Wildman–Crippen LogP) is 2.12. The minimum atomic E-state index is -0.358. The number of carbonyl (C=O) groups is 1. The van der Waals surface area contributed by atoms with Crippen molar-refractivity contribution in [1.82, 2.24) is 25.1 Å². The molecule has 1 aliphatic heterocycles. The van der Waals surface area contributed by atoms with Crippen LogP contribution in [0.3, 0.4) is 0 Å². The lowest BCUT2D eigenvalue weighted by Crippen LogP contribution is -2.50. The van der Waals surface area contributed by atoms with Crippen molar-refractivity contribution in [1.29, 1.82) is 0 Å². The van der Waals surface area contributed by atoms with Crippen LogP contribution in [-0.4, -0.2) is 59.5 Å². The van der Waals surface area contributed by atoms with Crippen LogP contribution in [0.1, 0.15) is 40.2 Å². The summed E-state index contributed by atoms with van der Waals surface area (Å²) in [4.78, 5) is 22.8. The molecule has 0 spiro atoms. The number of amides is 1. The molecule has 8 heteroatoms. The molecule has 0 radical (unpaired) electrons. The normalized spacial score (nSPS) is 21.1. The first-order valence-electron chi connectivity index (χ1n) is 9.04. The molecule has 0 saturated carbocycles. The van der Waals surface area contributed by atoms with Crippen molar-refractivity contribution in [3.63, 3.8) is 0 Å². The van der Waals surface area contributed by atoms with Gasteiger partial charge >= 0.3 is 0 Å². The highest BCUT2D eigenvalue weighted by molar-refractivity contribution is 14.0. The van der Waals surface area contributed by atoms with E-state index in [1.807, 2.05) is 39.5 Å². The third-order valence-electron chi connectivity index (χ3n) is 4.71. The van der Waals surface area contributed by atoms with E-state index in [1.165, 1.54) is 0 Å². The Morgan fingerprint density at radius 1 is 1.31 bits per heavy atom. The summed E-state index contributed by atoms with van der Waals surface area (Å²) >= 11 is 0. The van der Waals surface area contributed by atoms with E-state index < -0.39 is 0 Å². The molecule has 148 valence electrons. The average Bonchev–Trinajstić information content (AvgIpc) is 3.09. The second kappa shape index (κ2) is 10.1. The number of rotatable bonds is 4. The van der Waals surface area contributed by atoms with Crippen molar-refractivity contribution >= 4 is 35.8 Å². The number of piperidine rings is 1. The number of likely N-dealkylation sites (tertiary alicyclic amines) is 1. The highest BCUT2D eigenvalue weighted by Crippen LogP contribution is 2.27. The van der Waals surface area contributed by atoms with Crippen molar-refractivity contribution in [2.24, 2.45) is 16.3 Å². The van der Waals surface area contributed by atoms with Crippen molar-refractivity contribution < 1.29 is 4.79 Å². The lowest BCUT2D eigenvalue weighted by molar-refractivity contribution is -0.128. The topological polar surface area (TPSA) is 74.6 Å². The van der Waals surface area contributed by atoms with E-state index in [4.69, 9.17) is 0 Å². The van der Waals surface area contributed by atoms with Gasteiger partial charge in [-0.1, -0.05) is 27.7 Å². The number of nitrogens with zero attached hydrogens (tertiary/aromatic N) is 4. The summed E-state index contributed by atoms with van der Waals surface area (Å²) in [6.45, 7) is 11.2. The molecule has 2 atom stereocenters. The third-order valence-corrected chi connectivity index (χ3v) is 4.71. The fourth-order valence-corrected chi connectivity index (χ4v) is 3.04. The molecule has 0 aromatic carbocycles. The van der Waals surface area contributed by atoms with Gasteiger partial charge < -0.3 is 20.1 Å². The van der Waals surface area contributed by atoms with E-state index in [1.54, 1.807) is 7.05 Å². The Morgan fingerprint density at radius 2 is 2.00 bits per heavy atom. The molecule has 26 heavy (non-hydrogen) atoms. The molecule has 0 aliphatic carbocycles. The molecule has 1 aliphatic rings. The lowest BCUT2D eigenvalue weighted by Gasteiger charge is -2.39. The smallest absolute Gasteiger partial charge is 0.225 e. The number of imidazole rings is 1. The van der Waals surface area contributed by atoms with E-state index in [2.05, 4.69) is 37.0 Å². The molecule has 2 N–H and O–H groups in total. The van der Waals surface area contributed by atoms with Gasteiger partial charge in [-0.25, -0.2) is 4.98 Å². The zero-order valence-corrected chi connectivity index (χ0v) is 18.9. The molecule has 1 fully saturated rings. The first-order chi connectivity index (χ1) is 11.8. The van der Waals surface area contributed by atoms with E-state index in [-0.39, 0.29) is 35.3 Å². The first kappa shape index (κ1) is 22.7. The largest absolute Gasteiger partial charge is 0.354 e. The quantitative estimate of drug-likeness (QED) is 0.302. The number of halogens is 1. The fraction of sp³-hybridized carbons (Fsp3) is 0.722. The number of aromatic nitrogens is 2.